The molecule has 0 saturated heterocycles. The molecule has 1 unspecified atom stereocenters. The van der Waals surface area contributed by atoms with E-state index in [1.165, 1.54) is 0 Å². The lowest BCUT2D eigenvalue weighted by atomic mass is 10.1. The third kappa shape index (κ3) is 1.76. The topological polar surface area (TPSA) is 58.7 Å². The summed E-state index contributed by atoms with van der Waals surface area (Å²) in [6, 6.07) is 5.75. The van der Waals surface area contributed by atoms with Gasteiger partial charge in [0.05, 0.1) is 5.69 Å². The number of anilines is 1. The number of carbonyl (C=O) groups is 1. The van der Waals surface area contributed by atoms with Crippen molar-refractivity contribution in [3.05, 3.63) is 28.2 Å². The number of amides is 1. The van der Waals surface area contributed by atoms with E-state index >= 15 is 0 Å². The summed E-state index contributed by atoms with van der Waals surface area (Å²) < 4.78 is 0.925. The first kappa shape index (κ1) is 11.3. The molecule has 0 aliphatic carbocycles. The number of halogens is 1. The zero-order valence-corrected chi connectivity index (χ0v) is 10.7. The van der Waals surface area contributed by atoms with E-state index in [2.05, 4.69) is 20.9 Å². The van der Waals surface area contributed by atoms with Gasteiger partial charge in [0.15, 0.2) is 6.17 Å². The summed E-state index contributed by atoms with van der Waals surface area (Å²) in [7, 11) is 1.71. The predicted molar refractivity (Wildman–Crippen MR) is 67.7 cm³/mol. The maximum Gasteiger partial charge on any atom is 0.266 e. The van der Waals surface area contributed by atoms with Crippen molar-refractivity contribution in [1.82, 2.24) is 0 Å². The molecule has 2 N–H and O–H groups in total. The molecule has 1 aliphatic rings. The number of likely N-dealkylation sites (N-methyl/N-ethyl adjacent to an activating group) is 1. The van der Waals surface area contributed by atoms with Gasteiger partial charge in [-0.15, -0.1) is 0 Å². The predicted octanol–water partition coefficient (Wildman–Crippen LogP) is 1.52. The van der Waals surface area contributed by atoms with Crippen LogP contribution in [-0.4, -0.2) is 24.8 Å². The van der Waals surface area contributed by atoms with Gasteiger partial charge in [-0.1, -0.05) is 15.9 Å². The highest BCUT2D eigenvalue weighted by Crippen LogP contribution is 2.27. The Hall–Kier alpha value is -1.20. The number of hydrogen-bond acceptors (Lipinski definition) is 3. The Morgan fingerprint density at radius 1 is 1.50 bits per heavy atom. The van der Waals surface area contributed by atoms with Gasteiger partial charge < -0.3 is 10.6 Å². The van der Waals surface area contributed by atoms with Crippen LogP contribution in [0.1, 0.15) is 12.5 Å². The molecule has 1 aromatic rings. The lowest BCUT2D eigenvalue weighted by Crippen LogP contribution is -2.39. The summed E-state index contributed by atoms with van der Waals surface area (Å²) in [5.41, 5.74) is 8.24. The summed E-state index contributed by atoms with van der Waals surface area (Å²) in [5, 5.41) is 0. The fraction of sp³-hybridized carbons (Fsp3) is 0.273. The van der Waals surface area contributed by atoms with Crippen LogP contribution in [0.4, 0.5) is 5.69 Å². The molecule has 0 saturated carbocycles. The molecule has 1 amide bonds. The number of carbonyl (C=O) groups excluding carboxylic acids is 1. The SMILES string of the molecule is CC1=NC(N)C(=O)N(C)c2cc(Br)ccc21. The third-order valence-corrected chi connectivity index (χ3v) is 3.12. The maximum absolute atomic E-state index is 11.8. The van der Waals surface area contributed by atoms with E-state index in [9.17, 15) is 4.79 Å². The van der Waals surface area contributed by atoms with E-state index < -0.39 is 6.17 Å². The van der Waals surface area contributed by atoms with Crippen LogP contribution < -0.4 is 10.6 Å². The molecule has 0 spiro atoms. The van der Waals surface area contributed by atoms with Crippen LogP contribution in [-0.2, 0) is 4.79 Å². The van der Waals surface area contributed by atoms with Gasteiger partial charge in [-0.2, -0.15) is 0 Å². The quantitative estimate of drug-likeness (QED) is 0.784. The van der Waals surface area contributed by atoms with Crippen molar-refractivity contribution in [2.24, 2.45) is 10.7 Å². The largest absolute Gasteiger partial charge is 0.312 e. The Morgan fingerprint density at radius 2 is 2.19 bits per heavy atom. The summed E-state index contributed by atoms with van der Waals surface area (Å²) in [6.07, 6.45) is -0.809. The number of nitrogens with zero attached hydrogens (tertiary/aromatic N) is 2. The van der Waals surface area contributed by atoms with Crippen molar-refractivity contribution in [3.8, 4) is 0 Å². The first-order valence-corrected chi connectivity index (χ1v) is 5.67. The van der Waals surface area contributed by atoms with Crippen LogP contribution in [0.15, 0.2) is 27.7 Å². The summed E-state index contributed by atoms with van der Waals surface area (Å²) in [4.78, 5) is 17.6. The number of aliphatic imine (C=N–C) groups is 1. The molecule has 1 heterocycles. The van der Waals surface area contributed by atoms with Crippen LogP contribution in [0.2, 0.25) is 0 Å². The van der Waals surface area contributed by atoms with Gasteiger partial charge in [-0.05, 0) is 25.1 Å². The molecule has 16 heavy (non-hydrogen) atoms. The van der Waals surface area contributed by atoms with Gasteiger partial charge in [0.25, 0.3) is 5.91 Å². The number of nitrogens with two attached hydrogens (primary N) is 1. The first-order chi connectivity index (χ1) is 7.50. The lowest BCUT2D eigenvalue weighted by Gasteiger charge is -2.19. The zero-order valence-electron chi connectivity index (χ0n) is 9.07. The van der Waals surface area contributed by atoms with Crippen molar-refractivity contribution in [2.45, 2.75) is 13.1 Å². The van der Waals surface area contributed by atoms with E-state index in [1.807, 2.05) is 25.1 Å². The second kappa shape index (κ2) is 3.99. The number of fused-ring (bicyclic) bond motifs is 1. The molecule has 0 radical (unpaired) electrons. The van der Waals surface area contributed by atoms with Crippen molar-refractivity contribution in [1.29, 1.82) is 0 Å². The summed E-state index contributed by atoms with van der Waals surface area (Å²) in [5.74, 6) is -0.198. The van der Waals surface area contributed by atoms with Gasteiger partial charge in [-0.25, -0.2) is 0 Å². The zero-order chi connectivity index (χ0) is 11.9. The fourth-order valence-electron chi connectivity index (χ4n) is 1.74. The molecule has 1 aromatic carbocycles. The third-order valence-electron chi connectivity index (χ3n) is 2.63. The fourth-order valence-corrected chi connectivity index (χ4v) is 2.09. The molecule has 5 heteroatoms. The Kier molecular flexibility index (Phi) is 2.82. The van der Waals surface area contributed by atoms with Gasteiger partial charge >= 0.3 is 0 Å². The molecular formula is C11H12BrN3O. The van der Waals surface area contributed by atoms with Crippen LogP contribution in [0.3, 0.4) is 0 Å². The second-order valence-corrected chi connectivity index (χ2v) is 4.63. The van der Waals surface area contributed by atoms with E-state index in [0.717, 1.165) is 21.4 Å². The minimum Gasteiger partial charge on any atom is -0.312 e. The van der Waals surface area contributed by atoms with E-state index in [-0.39, 0.29) is 5.91 Å². The van der Waals surface area contributed by atoms with E-state index in [1.54, 1.807) is 11.9 Å². The maximum atomic E-state index is 11.8. The highest BCUT2D eigenvalue weighted by atomic mass is 79.9. The van der Waals surface area contributed by atoms with E-state index in [4.69, 9.17) is 5.73 Å². The number of benzodiazepines with no additional fused rings is 1. The minimum absolute atomic E-state index is 0.198. The van der Waals surface area contributed by atoms with E-state index in [0.29, 0.717) is 0 Å². The summed E-state index contributed by atoms with van der Waals surface area (Å²) >= 11 is 3.39. The van der Waals surface area contributed by atoms with Crippen molar-refractivity contribution in [3.63, 3.8) is 0 Å². The highest BCUT2D eigenvalue weighted by molar-refractivity contribution is 9.10. The Morgan fingerprint density at radius 3 is 2.88 bits per heavy atom. The van der Waals surface area contributed by atoms with Crippen molar-refractivity contribution in [2.75, 3.05) is 11.9 Å². The van der Waals surface area contributed by atoms with Crippen molar-refractivity contribution >= 4 is 33.2 Å². The molecule has 4 nitrogen and oxygen atoms in total. The molecule has 2 rings (SSSR count). The second-order valence-electron chi connectivity index (χ2n) is 3.72. The minimum atomic E-state index is -0.809. The Labute approximate surface area is 102 Å². The average Bonchev–Trinajstić information content (AvgIpc) is 2.32. The first-order valence-electron chi connectivity index (χ1n) is 4.88. The van der Waals surface area contributed by atoms with Gasteiger partial charge in [-0.3, -0.25) is 9.79 Å². The van der Waals surface area contributed by atoms with Gasteiger partial charge in [0, 0.05) is 22.8 Å². The van der Waals surface area contributed by atoms with Crippen molar-refractivity contribution < 1.29 is 4.79 Å². The standard InChI is InChI=1S/C11H12BrN3O/c1-6-8-4-3-7(12)5-9(8)15(2)11(16)10(13)14-6/h3-5,10H,13H2,1-2H3. The van der Waals surface area contributed by atoms with Crippen LogP contribution in [0, 0.1) is 0 Å². The average molecular weight is 282 g/mol. The highest BCUT2D eigenvalue weighted by Gasteiger charge is 2.25. The Balaban J connectivity index is 2.65. The van der Waals surface area contributed by atoms with Crippen LogP contribution in [0.5, 0.6) is 0 Å². The number of benzene rings is 1. The van der Waals surface area contributed by atoms with Gasteiger partial charge in [0.2, 0.25) is 0 Å². The van der Waals surface area contributed by atoms with Crippen LogP contribution >= 0.6 is 15.9 Å². The lowest BCUT2D eigenvalue weighted by molar-refractivity contribution is -0.119. The number of hydrogen-bond donors (Lipinski definition) is 1. The molecule has 1 aliphatic heterocycles. The molecule has 0 bridgehead atoms. The molecule has 84 valence electrons. The molecule has 0 fully saturated rings. The molecule has 1 atom stereocenters. The monoisotopic (exact) mass is 281 g/mol. The van der Waals surface area contributed by atoms with Gasteiger partial charge in [0.1, 0.15) is 0 Å². The Bertz CT molecular complexity index is 484. The smallest absolute Gasteiger partial charge is 0.266 e. The summed E-state index contributed by atoms with van der Waals surface area (Å²) in [6.45, 7) is 1.86. The number of rotatable bonds is 0. The molecule has 0 aromatic heterocycles. The van der Waals surface area contributed by atoms with Crippen LogP contribution in [0.25, 0.3) is 0 Å². The normalized spacial score (nSPS) is 20.2. The molecular weight excluding hydrogens is 270 g/mol.